The fraction of sp³-hybridized carbons (Fsp3) is 0.0769. The summed E-state index contributed by atoms with van der Waals surface area (Å²) in [4.78, 5) is 12.0. The van der Waals surface area contributed by atoms with E-state index in [4.69, 9.17) is 5.73 Å². The molecule has 0 amide bonds. The lowest BCUT2D eigenvalue weighted by Gasteiger charge is -2.10. The molecule has 0 saturated carbocycles. The number of Topliss-reactive ketones (excluding diaryl/α,β-unsaturated/α-hetero) is 1. The van der Waals surface area contributed by atoms with Crippen molar-refractivity contribution in [2.75, 3.05) is 0 Å². The molecule has 0 bridgehead atoms. The fourth-order valence-corrected chi connectivity index (χ4v) is 1.59. The summed E-state index contributed by atoms with van der Waals surface area (Å²) in [6.45, 7) is 0. The summed E-state index contributed by atoms with van der Waals surface area (Å²) >= 11 is 0. The third-order valence-electron chi connectivity index (χ3n) is 2.50. The molecule has 0 aliphatic carbocycles. The van der Waals surface area contributed by atoms with Crippen LogP contribution >= 0.6 is 0 Å². The van der Waals surface area contributed by atoms with Crippen molar-refractivity contribution in [3.63, 3.8) is 0 Å². The molecule has 0 radical (unpaired) electrons. The standard InChI is InChI=1S/C13H12N2O2/c14-12(10-5-2-1-3-6-10)13(16)11-7-4-8-15(17)9-11/h1-9,12H,14H2. The van der Waals surface area contributed by atoms with E-state index in [2.05, 4.69) is 0 Å². The quantitative estimate of drug-likeness (QED) is 0.487. The number of pyridine rings is 1. The van der Waals surface area contributed by atoms with E-state index in [0.29, 0.717) is 10.3 Å². The summed E-state index contributed by atoms with van der Waals surface area (Å²) in [5.74, 6) is -0.263. The Labute approximate surface area is 98.9 Å². The zero-order chi connectivity index (χ0) is 12.3. The van der Waals surface area contributed by atoms with Gasteiger partial charge in [0, 0.05) is 6.07 Å². The van der Waals surface area contributed by atoms with Crippen molar-refractivity contribution in [1.82, 2.24) is 0 Å². The van der Waals surface area contributed by atoms with Gasteiger partial charge in [0.25, 0.3) is 0 Å². The molecule has 0 fully saturated rings. The summed E-state index contributed by atoms with van der Waals surface area (Å²) in [5.41, 5.74) is 6.91. The van der Waals surface area contributed by atoms with Crippen molar-refractivity contribution in [3.05, 3.63) is 71.2 Å². The molecule has 2 aromatic rings. The van der Waals surface area contributed by atoms with E-state index in [-0.39, 0.29) is 5.78 Å². The fourth-order valence-electron chi connectivity index (χ4n) is 1.59. The first-order valence-corrected chi connectivity index (χ1v) is 5.22. The largest absolute Gasteiger partial charge is 0.619 e. The van der Waals surface area contributed by atoms with Gasteiger partial charge in [-0.3, -0.25) is 4.79 Å². The summed E-state index contributed by atoms with van der Waals surface area (Å²) < 4.78 is 0.588. The Kier molecular flexibility index (Phi) is 3.16. The Balaban J connectivity index is 2.27. The van der Waals surface area contributed by atoms with E-state index in [9.17, 15) is 10.0 Å². The van der Waals surface area contributed by atoms with Gasteiger partial charge in [-0.15, -0.1) is 0 Å². The third kappa shape index (κ3) is 2.49. The predicted molar refractivity (Wildman–Crippen MR) is 63.1 cm³/mol. The normalized spacial score (nSPS) is 12.1. The second-order valence-corrected chi connectivity index (χ2v) is 3.71. The SMILES string of the molecule is NC(C(=O)c1ccc[n+]([O-])c1)c1ccccc1. The molecule has 1 unspecified atom stereocenters. The predicted octanol–water partition coefficient (Wildman–Crippen LogP) is 1.20. The summed E-state index contributed by atoms with van der Waals surface area (Å²) in [6.07, 6.45) is 2.55. The minimum Gasteiger partial charge on any atom is -0.619 e. The minimum absolute atomic E-state index is 0.263. The average molecular weight is 228 g/mol. The Morgan fingerprint density at radius 1 is 1.18 bits per heavy atom. The molecular formula is C13H12N2O2. The van der Waals surface area contributed by atoms with Gasteiger partial charge in [-0.1, -0.05) is 30.3 Å². The number of hydrogen-bond acceptors (Lipinski definition) is 3. The van der Waals surface area contributed by atoms with Crippen molar-refractivity contribution in [1.29, 1.82) is 0 Å². The highest BCUT2D eigenvalue weighted by Crippen LogP contribution is 2.14. The maximum absolute atomic E-state index is 12.0. The lowest BCUT2D eigenvalue weighted by atomic mass is 9.99. The number of ketones is 1. The molecular weight excluding hydrogens is 216 g/mol. The topological polar surface area (TPSA) is 70.0 Å². The van der Waals surface area contributed by atoms with Gasteiger partial charge in [0.15, 0.2) is 18.2 Å². The van der Waals surface area contributed by atoms with Crippen LogP contribution in [0.15, 0.2) is 54.9 Å². The van der Waals surface area contributed by atoms with E-state index < -0.39 is 6.04 Å². The van der Waals surface area contributed by atoms with Crippen LogP contribution in [0.1, 0.15) is 22.0 Å². The highest BCUT2D eigenvalue weighted by molar-refractivity contribution is 6.00. The van der Waals surface area contributed by atoms with Crippen LogP contribution in [0.3, 0.4) is 0 Å². The van der Waals surface area contributed by atoms with E-state index in [0.717, 1.165) is 5.56 Å². The summed E-state index contributed by atoms with van der Waals surface area (Å²) in [6, 6.07) is 11.4. The summed E-state index contributed by atoms with van der Waals surface area (Å²) in [5, 5.41) is 11.1. The summed E-state index contributed by atoms with van der Waals surface area (Å²) in [7, 11) is 0. The number of hydrogen-bond donors (Lipinski definition) is 1. The molecule has 0 aliphatic heterocycles. The second kappa shape index (κ2) is 4.76. The van der Waals surface area contributed by atoms with Gasteiger partial charge in [0.2, 0.25) is 0 Å². The maximum atomic E-state index is 12.0. The Hall–Kier alpha value is -2.20. The molecule has 86 valence electrons. The molecule has 1 heterocycles. The minimum atomic E-state index is -0.737. The number of benzene rings is 1. The number of carbonyl (C=O) groups is 1. The van der Waals surface area contributed by atoms with Crippen LogP contribution in [0.5, 0.6) is 0 Å². The number of nitrogens with two attached hydrogens (primary N) is 1. The lowest BCUT2D eigenvalue weighted by Crippen LogP contribution is -2.28. The van der Waals surface area contributed by atoms with Crippen molar-refractivity contribution in [2.45, 2.75) is 6.04 Å². The number of aromatic nitrogens is 1. The van der Waals surface area contributed by atoms with E-state index >= 15 is 0 Å². The molecule has 0 saturated heterocycles. The van der Waals surface area contributed by atoms with Gasteiger partial charge in [-0.25, -0.2) is 0 Å². The van der Waals surface area contributed by atoms with Crippen LogP contribution < -0.4 is 10.5 Å². The molecule has 1 atom stereocenters. The number of carbonyl (C=O) groups excluding carboxylic acids is 1. The Morgan fingerprint density at radius 3 is 2.53 bits per heavy atom. The van der Waals surface area contributed by atoms with Crippen molar-refractivity contribution >= 4 is 5.78 Å². The van der Waals surface area contributed by atoms with E-state index in [1.807, 2.05) is 18.2 Å². The molecule has 1 aromatic heterocycles. The first-order chi connectivity index (χ1) is 8.18. The van der Waals surface area contributed by atoms with Gasteiger partial charge in [0.05, 0.1) is 11.6 Å². The molecule has 4 heteroatoms. The van der Waals surface area contributed by atoms with Gasteiger partial charge >= 0.3 is 0 Å². The van der Waals surface area contributed by atoms with E-state index in [1.54, 1.807) is 18.2 Å². The smallest absolute Gasteiger partial charge is 0.191 e. The first-order valence-electron chi connectivity index (χ1n) is 5.22. The van der Waals surface area contributed by atoms with Gasteiger partial charge in [0.1, 0.15) is 0 Å². The third-order valence-corrected chi connectivity index (χ3v) is 2.50. The second-order valence-electron chi connectivity index (χ2n) is 3.71. The number of nitrogens with zero attached hydrogens (tertiary/aromatic N) is 1. The van der Waals surface area contributed by atoms with Crippen LogP contribution in [0.4, 0.5) is 0 Å². The molecule has 2 N–H and O–H groups in total. The van der Waals surface area contributed by atoms with Crippen molar-refractivity contribution in [3.8, 4) is 0 Å². The van der Waals surface area contributed by atoms with Crippen LogP contribution in [0.2, 0.25) is 0 Å². The molecule has 2 rings (SSSR count). The van der Waals surface area contributed by atoms with Crippen LogP contribution in [-0.4, -0.2) is 5.78 Å². The van der Waals surface area contributed by atoms with Gasteiger partial charge in [-0.2, -0.15) is 4.73 Å². The van der Waals surface area contributed by atoms with Crippen LogP contribution in [0.25, 0.3) is 0 Å². The molecule has 17 heavy (non-hydrogen) atoms. The maximum Gasteiger partial charge on any atom is 0.191 e. The first kappa shape index (κ1) is 11.3. The van der Waals surface area contributed by atoms with Crippen molar-refractivity contribution < 1.29 is 9.52 Å². The lowest BCUT2D eigenvalue weighted by molar-refractivity contribution is -0.605. The van der Waals surface area contributed by atoms with Crippen LogP contribution in [-0.2, 0) is 0 Å². The molecule has 0 spiro atoms. The highest BCUT2D eigenvalue weighted by atomic mass is 16.5. The van der Waals surface area contributed by atoms with Gasteiger partial charge < -0.3 is 10.9 Å². The average Bonchev–Trinajstić information content (AvgIpc) is 2.38. The Bertz CT molecular complexity index is 526. The van der Waals surface area contributed by atoms with Crippen molar-refractivity contribution in [2.24, 2.45) is 5.73 Å². The Morgan fingerprint density at radius 2 is 1.88 bits per heavy atom. The zero-order valence-electron chi connectivity index (χ0n) is 9.11. The zero-order valence-corrected chi connectivity index (χ0v) is 9.11. The molecule has 0 aliphatic rings. The monoisotopic (exact) mass is 228 g/mol. The molecule has 1 aromatic carbocycles. The number of rotatable bonds is 3. The van der Waals surface area contributed by atoms with Crippen LogP contribution in [0, 0.1) is 5.21 Å². The molecule has 4 nitrogen and oxygen atoms in total. The van der Waals surface area contributed by atoms with E-state index in [1.165, 1.54) is 18.5 Å². The van der Waals surface area contributed by atoms with Gasteiger partial charge in [-0.05, 0) is 11.6 Å². The highest BCUT2D eigenvalue weighted by Gasteiger charge is 2.19.